The largest absolute Gasteiger partial charge is 0.293 e. The van der Waals surface area contributed by atoms with E-state index in [4.69, 9.17) is 0 Å². The maximum Gasteiger partial charge on any atom is 0.175 e. The number of ketones is 1. The highest BCUT2D eigenvalue weighted by molar-refractivity contribution is 9.09. The van der Waals surface area contributed by atoms with Crippen molar-refractivity contribution in [2.45, 2.75) is 6.92 Å². The molecule has 0 atom stereocenters. The number of rotatable bonds is 2. The van der Waals surface area contributed by atoms with Gasteiger partial charge in [-0.15, -0.1) is 12.4 Å². The van der Waals surface area contributed by atoms with E-state index in [9.17, 15) is 4.79 Å². The first-order valence-electron chi connectivity index (χ1n) is 3.25. The number of nitrogens with zero attached hydrogens (tertiary/aromatic N) is 1. The van der Waals surface area contributed by atoms with Crippen LogP contribution in [-0.2, 0) is 0 Å². The van der Waals surface area contributed by atoms with E-state index in [1.807, 2.05) is 13.0 Å². The Morgan fingerprint density at radius 1 is 1.67 bits per heavy atom. The number of alkyl halides is 1. The summed E-state index contributed by atoms with van der Waals surface area (Å²) in [7, 11) is 0. The van der Waals surface area contributed by atoms with Crippen molar-refractivity contribution in [2.24, 2.45) is 0 Å². The van der Waals surface area contributed by atoms with Gasteiger partial charge in [0, 0.05) is 18.0 Å². The molecule has 0 saturated carbocycles. The van der Waals surface area contributed by atoms with Crippen LogP contribution in [-0.4, -0.2) is 16.1 Å². The lowest BCUT2D eigenvalue weighted by Gasteiger charge is -1.99. The highest BCUT2D eigenvalue weighted by Gasteiger charge is 2.05. The number of pyridine rings is 1. The quantitative estimate of drug-likeness (QED) is 0.596. The molecule has 0 bridgehead atoms. The number of hydrogen-bond donors (Lipinski definition) is 0. The molecular weight excluding hydrogens is 241 g/mol. The van der Waals surface area contributed by atoms with E-state index in [1.54, 1.807) is 12.4 Å². The Morgan fingerprint density at radius 2 is 2.33 bits per heavy atom. The van der Waals surface area contributed by atoms with Crippen molar-refractivity contribution in [3.05, 3.63) is 29.6 Å². The van der Waals surface area contributed by atoms with Crippen LogP contribution in [0.1, 0.15) is 15.9 Å². The zero-order chi connectivity index (χ0) is 8.27. The van der Waals surface area contributed by atoms with Gasteiger partial charge < -0.3 is 0 Å². The maximum atomic E-state index is 11.1. The molecule has 0 amide bonds. The Hall–Kier alpha value is -0.410. The number of halogens is 2. The fourth-order valence-electron chi connectivity index (χ4n) is 0.828. The third kappa shape index (κ3) is 2.57. The molecule has 0 aromatic carbocycles. The van der Waals surface area contributed by atoms with Crippen molar-refractivity contribution in [1.82, 2.24) is 4.98 Å². The predicted octanol–water partition coefficient (Wildman–Crippen LogP) is 2.39. The van der Waals surface area contributed by atoms with Crippen LogP contribution in [0.15, 0.2) is 18.5 Å². The van der Waals surface area contributed by atoms with Crippen LogP contribution in [0.5, 0.6) is 0 Å². The van der Waals surface area contributed by atoms with Crippen LogP contribution < -0.4 is 0 Å². The average molecular weight is 251 g/mol. The van der Waals surface area contributed by atoms with Gasteiger partial charge in [0.2, 0.25) is 0 Å². The Bertz CT molecular complexity index is 278. The maximum absolute atomic E-state index is 11.1. The second-order valence-electron chi connectivity index (χ2n) is 2.25. The Morgan fingerprint density at radius 3 is 2.83 bits per heavy atom. The molecular formula is C8H9BrClNO. The molecule has 0 spiro atoms. The van der Waals surface area contributed by atoms with Crippen LogP contribution >= 0.6 is 28.3 Å². The summed E-state index contributed by atoms with van der Waals surface area (Å²) in [6.07, 6.45) is 3.28. The first kappa shape index (κ1) is 11.6. The number of hydrogen-bond acceptors (Lipinski definition) is 2. The highest BCUT2D eigenvalue weighted by Crippen LogP contribution is 2.06. The second-order valence-corrected chi connectivity index (χ2v) is 2.81. The van der Waals surface area contributed by atoms with Crippen molar-refractivity contribution < 1.29 is 4.79 Å². The van der Waals surface area contributed by atoms with Crippen molar-refractivity contribution in [2.75, 3.05) is 5.33 Å². The van der Waals surface area contributed by atoms with Gasteiger partial charge in [0.25, 0.3) is 0 Å². The molecule has 1 aromatic heterocycles. The van der Waals surface area contributed by atoms with Gasteiger partial charge in [-0.2, -0.15) is 0 Å². The molecule has 4 heteroatoms. The van der Waals surface area contributed by atoms with Crippen LogP contribution in [0, 0.1) is 6.92 Å². The molecule has 1 rings (SSSR count). The van der Waals surface area contributed by atoms with Crippen molar-refractivity contribution in [3.8, 4) is 0 Å². The molecule has 0 aliphatic carbocycles. The van der Waals surface area contributed by atoms with Crippen molar-refractivity contribution >= 4 is 34.1 Å². The fraction of sp³-hybridized carbons (Fsp3) is 0.250. The summed E-state index contributed by atoms with van der Waals surface area (Å²) in [5, 5.41) is 0.361. The topological polar surface area (TPSA) is 30.0 Å². The monoisotopic (exact) mass is 249 g/mol. The number of aryl methyl sites for hydroxylation is 1. The van der Waals surface area contributed by atoms with Crippen LogP contribution in [0.4, 0.5) is 0 Å². The van der Waals surface area contributed by atoms with E-state index in [0.29, 0.717) is 10.9 Å². The second kappa shape index (κ2) is 5.27. The minimum atomic E-state index is 0. The van der Waals surface area contributed by atoms with Gasteiger partial charge in [-0.3, -0.25) is 9.78 Å². The van der Waals surface area contributed by atoms with Gasteiger partial charge in [0.15, 0.2) is 5.78 Å². The number of aromatic nitrogens is 1. The van der Waals surface area contributed by atoms with Gasteiger partial charge in [-0.25, -0.2) is 0 Å². The minimum absolute atomic E-state index is 0. The molecule has 0 fully saturated rings. The Balaban J connectivity index is 0.00000121. The van der Waals surface area contributed by atoms with Crippen molar-refractivity contribution in [3.63, 3.8) is 0 Å². The third-order valence-corrected chi connectivity index (χ3v) is 1.97. The van der Waals surface area contributed by atoms with E-state index in [2.05, 4.69) is 20.9 Å². The summed E-state index contributed by atoms with van der Waals surface area (Å²) in [6, 6.07) is 1.83. The summed E-state index contributed by atoms with van der Waals surface area (Å²) in [5.74, 6) is 0.0793. The molecule has 0 aliphatic rings. The number of carbonyl (C=O) groups excluding carboxylic acids is 1. The molecule has 1 heterocycles. The minimum Gasteiger partial charge on any atom is -0.293 e. The van der Waals surface area contributed by atoms with E-state index in [0.717, 1.165) is 5.56 Å². The Kier molecular flexibility index (Phi) is 5.09. The molecule has 2 nitrogen and oxygen atoms in total. The molecule has 0 unspecified atom stereocenters. The summed E-state index contributed by atoms with van der Waals surface area (Å²) in [4.78, 5) is 15.0. The molecule has 0 aliphatic heterocycles. The number of Topliss-reactive ketones (excluding diaryl/α,β-unsaturated/α-hetero) is 1. The number of carbonyl (C=O) groups is 1. The third-order valence-electron chi connectivity index (χ3n) is 1.46. The molecule has 66 valence electrons. The van der Waals surface area contributed by atoms with Crippen LogP contribution in [0.2, 0.25) is 0 Å². The smallest absolute Gasteiger partial charge is 0.175 e. The Labute approximate surface area is 85.9 Å². The predicted molar refractivity (Wildman–Crippen MR) is 54.3 cm³/mol. The van der Waals surface area contributed by atoms with E-state index in [-0.39, 0.29) is 18.2 Å². The van der Waals surface area contributed by atoms with Crippen molar-refractivity contribution in [1.29, 1.82) is 0 Å². The van der Waals surface area contributed by atoms with Gasteiger partial charge in [0.05, 0.1) is 5.33 Å². The molecule has 0 saturated heterocycles. The molecule has 0 radical (unpaired) electrons. The zero-order valence-electron chi connectivity index (χ0n) is 6.58. The molecule has 12 heavy (non-hydrogen) atoms. The lowest BCUT2D eigenvalue weighted by molar-refractivity contribution is 0.102. The summed E-state index contributed by atoms with van der Waals surface area (Å²) in [6.45, 7) is 1.90. The van der Waals surface area contributed by atoms with Crippen LogP contribution in [0.25, 0.3) is 0 Å². The fourth-order valence-corrected chi connectivity index (χ4v) is 1.13. The van der Waals surface area contributed by atoms with E-state index < -0.39 is 0 Å². The SMILES string of the molecule is Cc1ccncc1C(=O)CBr.Cl. The summed E-state index contributed by atoms with van der Waals surface area (Å²) in [5.41, 5.74) is 1.67. The van der Waals surface area contributed by atoms with Gasteiger partial charge in [0.1, 0.15) is 0 Å². The van der Waals surface area contributed by atoms with E-state index >= 15 is 0 Å². The lowest BCUT2D eigenvalue weighted by Crippen LogP contribution is -2.02. The summed E-state index contributed by atoms with van der Waals surface area (Å²) >= 11 is 3.11. The highest BCUT2D eigenvalue weighted by atomic mass is 79.9. The van der Waals surface area contributed by atoms with Crippen LogP contribution in [0.3, 0.4) is 0 Å². The first-order chi connectivity index (χ1) is 5.25. The standard InChI is InChI=1S/C8H8BrNO.ClH/c1-6-2-3-10-5-7(6)8(11)4-9;/h2-3,5H,4H2,1H3;1H. The molecule has 1 aromatic rings. The zero-order valence-corrected chi connectivity index (χ0v) is 8.98. The normalized spacial score (nSPS) is 8.83. The van der Waals surface area contributed by atoms with Gasteiger partial charge >= 0.3 is 0 Å². The van der Waals surface area contributed by atoms with E-state index in [1.165, 1.54) is 0 Å². The first-order valence-corrected chi connectivity index (χ1v) is 4.37. The van der Waals surface area contributed by atoms with Gasteiger partial charge in [-0.1, -0.05) is 15.9 Å². The van der Waals surface area contributed by atoms with Gasteiger partial charge in [-0.05, 0) is 18.6 Å². The lowest BCUT2D eigenvalue weighted by atomic mass is 10.1. The molecule has 0 N–H and O–H groups in total. The summed E-state index contributed by atoms with van der Waals surface area (Å²) < 4.78 is 0. The average Bonchev–Trinajstić information content (AvgIpc) is 2.04.